The second kappa shape index (κ2) is 8.59. The van der Waals surface area contributed by atoms with Crippen molar-refractivity contribution < 1.29 is 9.59 Å². The summed E-state index contributed by atoms with van der Waals surface area (Å²) in [6.07, 6.45) is 1.82. The second-order valence-corrected chi connectivity index (χ2v) is 6.85. The van der Waals surface area contributed by atoms with Crippen molar-refractivity contribution in [3.8, 4) is 0 Å². The summed E-state index contributed by atoms with van der Waals surface area (Å²) in [5.74, 6) is -0.597. The Hall–Kier alpha value is -2.21. The van der Waals surface area contributed by atoms with Gasteiger partial charge in [0.1, 0.15) is 6.42 Å². The minimum absolute atomic E-state index is 0.187. The first-order chi connectivity index (χ1) is 11.5. The van der Waals surface area contributed by atoms with Gasteiger partial charge in [0.25, 0.3) is 0 Å². The maximum Gasteiger partial charge on any atom is 0.233 e. The molecule has 0 saturated heterocycles. The number of carbonyl (C=O) groups is 2. The van der Waals surface area contributed by atoms with E-state index >= 15 is 0 Å². The van der Waals surface area contributed by atoms with E-state index in [1.54, 1.807) is 11.3 Å². The van der Waals surface area contributed by atoms with Crippen molar-refractivity contribution in [1.82, 2.24) is 10.3 Å². The molecule has 5 nitrogen and oxygen atoms in total. The molecule has 2 N–H and O–H groups in total. The van der Waals surface area contributed by atoms with Gasteiger partial charge in [0.15, 0.2) is 0 Å². The summed E-state index contributed by atoms with van der Waals surface area (Å²) in [5, 5.41) is 6.65. The van der Waals surface area contributed by atoms with Crippen molar-refractivity contribution in [3.05, 3.63) is 45.4 Å². The molecule has 0 unspecified atom stereocenters. The average Bonchev–Trinajstić information content (AvgIpc) is 2.88. The highest BCUT2D eigenvalue weighted by Crippen LogP contribution is 2.19. The number of anilines is 1. The molecule has 2 rings (SSSR count). The molecule has 0 spiro atoms. The molecule has 0 aliphatic carbocycles. The summed E-state index contributed by atoms with van der Waals surface area (Å²) in [7, 11) is 0. The molecule has 0 fully saturated rings. The third-order valence-electron chi connectivity index (χ3n) is 3.59. The Morgan fingerprint density at radius 3 is 2.62 bits per heavy atom. The van der Waals surface area contributed by atoms with Gasteiger partial charge in [-0.1, -0.05) is 25.1 Å². The van der Waals surface area contributed by atoms with Gasteiger partial charge >= 0.3 is 0 Å². The Balaban J connectivity index is 1.83. The SMILES string of the molecule is CCCc1nc(C)c(CNC(=O)CC(=O)Nc2ccccc2C)s1. The van der Waals surface area contributed by atoms with Crippen LogP contribution in [0.1, 0.15) is 40.9 Å². The molecule has 0 aliphatic rings. The topological polar surface area (TPSA) is 71.1 Å². The molecular weight excluding hydrogens is 322 g/mol. The first-order valence-electron chi connectivity index (χ1n) is 8.07. The molecule has 2 amide bonds. The standard InChI is InChI=1S/C18H23N3O2S/c1-4-7-18-20-13(3)15(24-18)11-19-16(22)10-17(23)21-14-9-6-5-8-12(14)2/h5-6,8-9H,4,7,10-11H2,1-3H3,(H,19,22)(H,21,23). The van der Waals surface area contributed by atoms with Crippen LogP contribution in [0.4, 0.5) is 5.69 Å². The van der Waals surface area contributed by atoms with Crippen molar-refractivity contribution in [1.29, 1.82) is 0 Å². The van der Waals surface area contributed by atoms with Crippen molar-refractivity contribution in [3.63, 3.8) is 0 Å². The lowest BCUT2D eigenvalue weighted by atomic mass is 10.2. The Morgan fingerprint density at radius 1 is 1.17 bits per heavy atom. The zero-order chi connectivity index (χ0) is 17.5. The number of benzene rings is 1. The predicted molar refractivity (Wildman–Crippen MR) is 97.1 cm³/mol. The minimum atomic E-state index is -0.311. The molecule has 0 bridgehead atoms. The maximum atomic E-state index is 12.0. The van der Waals surface area contributed by atoms with Crippen molar-refractivity contribution in [2.75, 3.05) is 5.32 Å². The summed E-state index contributed by atoms with van der Waals surface area (Å²) in [5.41, 5.74) is 2.65. The molecule has 2 aromatic rings. The van der Waals surface area contributed by atoms with E-state index in [1.807, 2.05) is 38.1 Å². The molecule has 1 heterocycles. The number of aryl methyl sites for hydroxylation is 3. The number of nitrogens with zero attached hydrogens (tertiary/aromatic N) is 1. The number of para-hydroxylation sites is 1. The molecule has 0 radical (unpaired) electrons. The third kappa shape index (κ3) is 5.16. The van der Waals surface area contributed by atoms with Crippen LogP contribution in [0.15, 0.2) is 24.3 Å². The second-order valence-electron chi connectivity index (χ2n) is 5.68. The first-order valence-corrected chi connectivity index (χ1v) is 8.88. The van der Waals surface area contributed by atoms with Crippen LogP contribution in [-0.4, -0.2) is 16.8 Å². The zero-order valence-corrected chi connectivity index (χ0v) is 15.1. The van der Waals surface area contributed by atoms with E-state index in [9.17, 15) is 9.59 Å². The fourth-order valence-corrected chi connectivity index (χ4v) is 3.38. The van der Waals surface area contributed by atoms with Gasteiger partial charge in [0.2, 0.25) is 11.8 Å². The largest absolute Gasteiger partial charge is 0.351 e. The van der Waals surface area contributed by atoms with E-state index in [2.05, 4.69) is 22.5 Å². The van der Waals surface area contributed by atoms with Gasteiger partial charge < -0.3 is 10.6 Å². The Labute approximate surface area is 146 Å². The van der Waals surface area contributed by atoms with Crippen molar-refractivity contribution in [2.45, 2.75) is 46.6 Å². The lowest BCUT2D eigenvalue weighted by Gasteiger charge is -2.08. The van der Waals surface area contributed by atoms with Gasteiger partial charge in [-0.25, -0.2) is 4.98 Å². The minimum Gasteiger partial charge on any atom is -0.351 e. The van der Waals surface area contributed by atoms with Crippen LogP contribution in [0, 0.1) is 13.8 Å². The van der Waals surface area contributed by atoms with Crippen molar-refractivity contribution >= 4 is 28.8 Å². The molecule has 1 aromatic heterocycles. The highest BCUT2D eigenvalue weighted by molar-refractivity contribution is 7.11. The number of aromatic nitrogens is 1. The molecule has 24 heavy (non-hydrogen) atoms. The van der Waals surface area contributed by atoms with Crippen LogP contribution in [-0.2, 0) is 22.6 Å². The average molecular weight is 345 g/mol. The number of nitrogens with one attached hydrogen (secondary N) is 2. The quantitative estimate of drug-likeness (QED) is 0.756. The van der Waals surface area contributed by atoms with E-state index in [-0.39, 0.29) is 18.2 Å². The maximum absolute atomic E-state index is 12.0. The van der Waals surface area contributed by atoms with Gasteiger partial charge in [-0.2, -0.15) is 0 Å². The van der Waals surface area contributed by atoms with E-state index in [4.69, 9.17) is 0 Å². The van der Waals surface area contributed by atoms with Gasteiger partial charge in [0, 0.05) is 10.6 Å². The fraction of sp³-hybridized carbons (Fsp3) is 0.389. The highest BCUT2D eigenvalue weighted by Gasteiger charge is 2.12. The number of rotatable bonds is 7. The van der Waals surface area contributed by atoms with E-state index < -0.39 is 0 Å². The predicted octanol–water partition coefficient (Wildman–Crippen LogP) is 3.36. The molecular formula is C18H23N3O2S. The number of amides is 2. The summed E-state index contributed by atoms with van der Waals surface area (Å²) in [4.78, 5) is 29.5. The lowest BCUT2D eigenvalue weighted by molar-refractivity contribution is -0.126. The molecule has 0 aliphatic heterocycles. The van der Waals surface area contributed by atoms with Crippen molar-refractivity contribution in [2.24, 2.45) is 0 Å². The summed E-state index contributed by atoms with van der Waals surface area (Å²) < 4.78 is 0. The Kier molecular flexibility index (Phi) is 6.49. The van der Waals surface area contributed by atoms with Gasteiger partial charge in [-0.05, 0) is 38.3 Å². The molecule has 0 atom stereocenters. The summed E-state index contributed by atoms with van der Waals surface area (Å²) >= 11 is 1.62. The van der Waals surface area contributed by atoms with E-state index in [0.29, 0.717) is 6.54 Å². The van der Waals surface area contributed by atoms with Gasteiger partial charge in [-0.15, -0.1) is 11.3 Å². The number of carbonyl (C=O) groups excluding carboxylic acids is 2. The molecule has 0 saturated carbocycles. The van der Waals surface area contributed by atoms with E-state index in [0.717, 1.165) is 39.7 Å². The van der Waals surface area contributed by atoms with E-state index in [1.165, 1.54) is 0 Å². The summed E-state index contributed by atoms with van der Waals surface area (Å²) in [6, 6.07) is 7.49. The molecule has 6 heteroatoms. The van der Waals surface area contributed by atoms with Crippen LogP contribution in [0.3, 0.4) is 0 Å². The van der Waals surface area contributed by atoms with Crippen LogP contribution in [0.5, 0.6) is 0 Å². The number of hydrogen-bond donors (Lipinski definition) is 2. The van der Waals surface area contributed by atoms with Crippen LogP contribution in [0.25, 0.3) is 0 Å². The molecule has 128 valence electrons. The monoisotopic (exact) mass is 345 g/mol. The van der Waals surface area contributed by atoms with Crippen LogP contribution >= 0.6 is 11.3 Å². The number of thiazole rings is 1. The summed E-state index contributed by atoms with van der Waals surface area (Å²) in [6.45, 7) is 6.40. The Morgan fingerprint density at radius 2 is 1.92 bits per heavy atom. The van der Waals surface area contributed by atoms with Crippen LogP contribution in [0.2, 0.25) is 0 Å². The molecule has 1 aromatic carbocycles. The lowest BCUT2D eigenvalue weighted by Crippen LogP contribution is -2.27. The first kappa shape index (κ1) is 18.1. The zero-order valence-electron chi connectivity index (χ0n) is 14.3. The fourth-order valence-electron chi connectivity index (χ4n) is 2.27. The Bertz CT molecular complexity index is 725. The van der Waals surface area contributed by atoms with Crippen LogP contribution < -0.4 is 10.6 Å². The normalized spacial score (nSPS) is 10.5. The van der Waals surface area contributed by atoms with Gasteiger partial charge in [0.05, 0.1) is 17.2 Å². The number of hydrogen-bond acceptors (Lipinski definition) is 4. The van der Waals surface area contributed by atoms with Gasteiger partial charge in [-0.3, -0.25) is 9.59 Å². The highest BCUT2D eigenvalue weighted by atomic mass is 32.1. The smallest absolute Gasteiger partial charge is 0.233 e. The third-order valence-corrected chi connectivity index (χ3v) is 4.80.